The third-order valence-electron chi connectivity index (χ3n) is 4.25. The second kappa shape index (κ2) is 7.21. The van der Waals surface area contributed by atoms with Gasteiger partial charge in [0.15, 0.2) is 5.82 Å². The van der Waals surface area contributed by atoms with Crippen molar-refractivity contribution >= 4 is 22.5 Å². The van der Waals surface area contributed by atoms with Gasteiger partial charge in [-0.05, 0) is 42.0 Å². The number of benzene rings is 2. The predicted octanol–water partition coefficient (Wildman–Crippen LogP) is 3.57. The molecule has 1 amide bonds. The van der Waals surface area contributed by atoms with E-state index >= 15 is 0 Å². The van der Waals surface area contributed by atoms with E-state index in [1.807, 2.05) is 36.4 Å². The number of aromatic hydroxyl groups is 1. The van der Waals surface area contributed by atoms with E-state index in [0.29, 0.717) is 17.8 Å². The zero-order chi connectivity index (χ0) is 18.6. The SMILES string of the molecule is O=C(Nc1nnc(Cc2ccncc2)c2ccccc12)c1ccc(O)cc1. The van der Waals surface area contributed by atoms with Crippen LogP contribution in [0.3, 0.4) is 0 Å². The molecule has 2 heterocycles. The van der Waals surface area contributed by atoms with Crippen LogP contribution in [0.15, 0.2) is 73.1 Å². The highest BCUT2D eigenvalue weighted by molar-refractivity contribution is 6.08. The first-order valence-corrected chi connectivity index (χ1v) is 8.44. The van der Waals surface area contributed by atoms with Crippen molar-refractivity contribution in [3.8, 4) is 5.75 Å². The molecule has 0 atom stereocenters. The summed E-state index contributed by atoms with van der Waals surface area (Å²) in [5, 5.41) is 22.5. The molecule has 0 bridgehead atoms. The van der Waals surface area contributed by atoms with Crippen molar-refractivity contribution in [3.63, 3.8) is 0 Å². The van der Waals surface area contributed by atoms with E-state index < -0.39 is 0 Å². The molecule has 6 nitrogen and oxygen atoms in total. The number of hydrogen-bond acceptors (Lipinski definition) is 5. The largest absolute Gasteiger partial charge is 0.508 e. The van der Waals surface area contributed by atoms with Crippen LogP contribution in [-0.2, 0) is 6.42 Å². The molecule has 0 saturated carbocycles. The number of phenolic OH excluding ortho intramolecular Hbond substituents is 1. The van der Waals surface area contributed by atoms with Gasteiger partial charge in [0.05, 0.1) is 5.69 Å². The summed E-state index contributed by atoms with van der Waals surface area (Å²) in [6.45, 7) is 0. The fourth-order valence-electron chi connectivity index (χ4n) is 2.87. The number of fused-ring (bicyclic) bond motifs is 1. The molecule has 132 valence electrons. The fraction of sp³-hybridized carbons (Fsp3) is 0.0476. The van der Waals surface area contributed by atoms with E-state index in [2.05, 4.69) is 20.5 Å². The Balaban J connectivity index is 1.67. The van der Waals surface area contributed by atoms with Gasteiger partial charge in [-0.3, -0.25) is 9.78 Å². The van der Waals surface area contributed by atoms with Gasteiger partial charge in [-0.2, -0.15) is 5.10 Å². The van der Waals surface area contributed by atoms with E-state index in [0.717, 1.165) is 22.0 Å². The highest BCUT2D eigenvalue weighted by atomic mass is 16.3. The molecule has 4 rings (SSSR count). The average molecular weight is 356 g/mol. The first kappa shape index (κ1) is 16.7. The van der Waals surface area contributed by atoms with Crippen LogP contribution in [0.4, 0.5) is 5.82 Å². The van der Waals surface area contributed by atoms with Gasteiger partial charge in [-0.15, -0.1) is 5.10 Å². The second-order valence-electron chi connectivity index (χ2n) is 6.07. The van der Waals surface area contributed by atoms with E-state index in [-0.39, 0.29) is 11.7 Å². The Hall–Kier alpha value is -3.80. The molecule has 0 spiro atoms. The van der Waals surface area contributed by atoms with Gasteiger partial charge in [-0.25, -0.2) is 0 Å². The Morgan fingerprint density at radius 1 is 0.889 bits per heavy atom. The molecule has 4 aromatic rings. The number of nitrogens with one attached hydrogen (secondary N) is 1. The standard InChI is InChI=1S/C21H16N4O2/c26-16-7-5-15(6-8-16)21(27)23-20-18-4-2-1-3-17(18)19(24-25-20)13-14-9-11-22-12-10-14/h1-12,26H,13H2,(H,23,25,27). The minimum Gasteiger partial charge on any atom is -0.508 e. The van der Waals surface area contributed by atoms with Gasteiger partial charge >= 0.3 is 0 Å². The maximum absolute atomic E-state index is 12.5. The van der Waals surface area contributed by atoms with Crippen molar-refractivity contribution in [2.45, 2.75) is 6.42 Å². The summed E-state index contributed by atoms with van der Waals surface area (Å²) < 4.78 is 0. The lowest BCUT2D eigenvalue weighted by Gasteiger charge is -2.10. The topological polar surface area (TPSA) is 88.0 Å². The van der Waals surface area contributed by atoms with Crippen LogP contribution in [-0.4, -0.2) is 26.2 Å². The number of rotatable bonds is 4. The average Bonchev–Trinajstić information content (AvgIpc) is 2.71. The monoisotopic (exact) mass is 356 g/mol. The smallest absolute Gasteiger partial charge is 0.256 e. The van der Waals surface area contributed by atoms with Gasteiger partial charge in [0.1, 0.15) is 5.75 Å². The van der Waals surface area contributed by atoms with Crippen LogP contribution in [0, 0.1) is 0 Å². The molecule has 27 heavy (non-hydrogen) atoms. The van der Waals surface area contributed by atoms with Crippen LogP contribution in [0.2, 0.25) is 0 Å². The molecule has 2 aromatic heterocycles. The summed E-state index contributed by atoms with van der Waals surface area (Å²) >= 11 is 0. The maximum Gasteiger partial charge on any atom is 0.256 e. The number of amides is 1. The lowest BCUT2D eigenvalue weighted by Crippen LogP contribution is -2.14. The molecule has 0 radical (unpaired) electrons. The number of hydrogen-bond donors (Lipinski definition) is 2. The van der Waals surface area contributed by atoms with Crippen LogP contribution in [0.25, 0.3) is 10.8 Å². The Labute approximate surface area is 155 Å². The summed E-state index contributed by atoms with van der Waals surface area (Å²) in [6.07, 6.45) is 4.12. The zero-order valence-electron chi connectivity index (χ0n) is 14.3. The molecule has 0 aliphatic heterocycles. The summed E-state index contributed by atoms with van der Waals surface area (Å²) in [7, 11) is 0. The fourth-order valence-corrected chi connectivity index (χ4v) is 2.87. The number of phenols is 1. The third-order valence-corrected chi connectivity index (χ3v) is 4.25. The molecular weight excluding hydrogens is 340 g/mol. The maximum atomic E-state index is 12.5. The van der Waals surface area contributed by atoms with Crippen LogP contribution in [0.1, 0.15) is 21.6 Å². The highest BCUT2D eigenvalue weighted by Crippen LogP contribution is 2.25. The normalized spacial score (nSPS) is 10.7. The molecule has 6 heteroatoms. The van der Waals surface area contributed by atoms with Crippen molar-refractivity contribution in [1.82, 2.24) is 15.2 Å². The Kier molecular flexibility index (Phi) is 4.45. The Bertz CT molecular complexity index is 1100. The molecule has 0 fully saturated rings. The summed E-state index contributed by atoms with van der Waals surface area (Å²) in [5.41, 5.74) is 2.35. The zero-order valence-corrected chi connectivity index (χ0v) is 14.3. The lowest BCUT2D eigenvalue weighted by atomic mass is 10.0. The summed E-state index contributed by atoms with van der Waals surface area (Å²) in [6, 6.07) is 17.6. The Morgan fingerprint density at radius 3 is 2.33 bits per heavy atom. The highest BCUT2D eigenvalue weighted by Gasteiger charge is 2.13. The number of nitrogens with zero attached hydrogens (tertiary/aromatic N) is 3. The van der Waals surface area contributed by atoms with Gasteiger partial charge in [-0.1, -0.05) is 24.3 Å². The number of pyridine rings is 1. The predicted molar refractivity (Wildman–Crippen MR) is 103 cm³/mol. The van der Waals surface area contributed by atoms with Gasteiger partial charge < -0.3 is 10.4 Å². The number of carbonyl (C=O) groups excluding carboxylic acids is 1. The molecule has 0 aliphatic carbocycles. The Morgan fingerprint density at radius 2 is 1.59 bits per heavy atom. The minimum absolute atomic E-state index is 0.109. The van der Waals surface area contributed by atoms with Gasteiger partial charge in [0.25, 0.3) is 5.91 Å². The lowest BCUT2D eigenvalue weighted by molar-refractivity contribution is 0.102. The summed E-state index contributed by atoms with van der Waals surface area (Å²) in [4.78, 5) is 16.5. The van der Waals surface area contributed by atoms with Crippen LogP contribution >= 0.6 is 0 Å². The van der Waals surface area contributed by atoms with Crippen molar-refractivity contribution in [3.05, 3.63) is 89.9 Å². The number of anilines is 1. The van der Waals surface area contributed by atoms with Gasteiger partial charge in [0, 0.05) is 35.2 Å². The first-order chi connectivity index (χ1) is 13.2. The van der Waals surface area contributed by atoms with Crippen molar-refractivity contribution in [2.75, 3.05) is 5.32 Å². The van der Waals surface area contributed by atoms with E-state index in [9.17, 15) is 9.90 Å². The molecular formula is C21H16N4O2. The number of carbonyl (C=O) groups is 1. The van der Waals surface area contributed by atoms with Crippen LogP contribution < -0.4 is 5.32 Å². The minimum atomic E-state index is -0.309. The van der Waals surface area contributed by atoms with E-state index in [1.54, 1.807) is 24.5 Å². The molecule has 2 N–H and O–H groups in total. The second-order valence-corrected chi connectivity index (χ2v) is 6.07. The van der Waals surface area contributed by atoms with Crippen molar-refractivity contribution in [1.29, 1.82) is 0 Å². The molecule has 0 aliphatic rings. The van der Waals surface area contributed by atoms with Crippen molar-refractivity contribution < 1.29 is 9.90 Å². The summed E-state index contributed by atoms with van der Waals surface area (Å²) in [5.74, 6) is 0.204. The number of aromatic nitrogens is 3. The first-order valence-electron chi connectivity index (χ1n) is 8.44. The quantitative estimate of drug-likeness (QED) is 0.584. The molecule has 2 aromatic carbocycles. The van der Waals surface area contributed by atoms with Crippen molar-refractivity contribution in [2.24, 2.45) is 0 Å². The molecule has 0 unspecified atom stereocenters. The van der Waals surface area contributed by atoms with Crippen LogP contribution in [0.5, 0.6) is 5.75 Å². The van der Waals surface area contributed by atoms with E-state index in [1.165, 1.54) is 12.1 Å². The van der Waals surface area contributed by atoms with Gasteiger partial charge in [0.2, 0.25) is 0 Å². The molecule has 0 saturated heterocycles. The van der Waals surface area contributed by atoms with E-state index in [4.69, 9.17) is 0 Å². The third kappa shape index (κ3) is 3.59.